The number of piperidine rings is 1. The standard InChI is InChI=1S/C20H28N4O3/c1-23-18(20(25)21-9-12-24-10-5-4-6-11-24)14-17(22-23)16-8-7-15(26-2)13-19(16)27-3/h7-8,13-14H,4-6,9-12H2,1-3H3,(H,21,25). The zero-order valence-electron chi connectivity index (χ0n) is 16.3. The van der Waals surface area contributed by atoms with Crippen LogP contribution in [-0.2, 0) is 7.05 Å². The van der Waals surface area contributed by atoms with Gasteiger partial charge in [0, 0.05) is 31.8 Å². The van der Waals surface area contributed by atoms with Gasteiger partial charge < -0.3 is 19.7 Å². The predicted octanol–water partition coefficient (Wildman–Crippen LogP) is 2.32. The van der Waals surface area contributed by atoms with Crippen LogP contribution >= 0.6 is 0 Å². The van der Waals surface area contributed by atoms with Crippen molar-refractivity contribution < 1.29 is 14.3 Å². The van der Waals surface area contributed by atoms with E-state index in [-0.39, 0.29) is 5.91 Å². The number of likely N-dealkylation sites (tertiary alicyclic amines) is 1. The number of methoxy groups -OCH3 is 2. The van der Waals surface area contributed by atoms with Crippen LogP contribution in [0.25, 0.3) is 11.3 Å². The first-order valence-electron chi connectivity index (χ1n) is 9.39. The Kier molecular flexibility index (Phi) is 6.34. The summed E-state index contributed by atoms with van der Waals surface area (Å²) in [6.07, 6.45) is 3.82. The SMILES string of the molecule is COc1ccc(-c2cc(C(=O)NCCN3CCCCC3)n(C)n2)c(OC)c1. The minimum absolute atomic E-state index is 0.110. The van der Waals surface area contributed by atoms with Gasteiger partial charge in [0.05, 0.1) is 19.9 Å². The second-order valence-electron chi connectivity index (χ2n) is 6.76. The number of benzene rings is 1. The number of carbonyl (C=O) groups excluding carboxylic acids is 1. The summed E-state index contributed by atoms with van der Waals surface area (Å²) in [5, 5.41) is 7.49. The summed E-state index contributed by atoms with van der Waals surface area (Å²) in [6.45, 7) is 3.79. The molecule has 27 heavy (non-hydrogen) atoms. The Morgan fingerprint density at radius 3 is 2.63 bits per heavy atom. The highest BCUT2D eigenvalue weighted by molar-refractivity contribution is 5.93. The molecule has 0 atom stereocenters. The van der Waals surface area contributed by atoms with E-state index in [9.17, 15) is 4.79 Å². The maximum atomic E-state index is 12.6. The molecule has 0 spiro atoms. The quantitative estimate of drug-likeness (QED) is 0.808. The van der Waals surface area contributed by atoms with E-state index >= 15 is 0 Å². The molecule has 2 heterocycles. The number of amides is 1. The van der Waals surface area contributed by atoms with Gasteiger partial charge in [-0.3, -0.25) is 9.48 Å². The number of rotatable bonds is 7. The zero-order valence-corrected chi connectivity index (χ0v) is 16.3. The lowest BCUT2D eigenvalue weighted by Gasteiger charge is -2.26. The van der Waals surface area contributed by atoms with Gasteiger partial charge in [-0.05, 0) is 44.1 Å². The van der Waals surface area contributed by atoms with E-state index < -0.39 is 0 Å². The summed E-state index contributed by atoms with van der Waals surface area (Å²) in [5.74, 6) is 1.26. The Balaban J connectivity index is 1.67. The Hall–Kier alpha value is -2.54. The van der Waals surface area contributed by atoms with Gasteiger partial charge in [0.2, 0.25) is 0 Å². The molecule has 1 amide bonds. The number of aromatic nitrogens is 2. The number of aryl methyl sites for hydroxylation is 1. The molecule has 7 nitrogen and oxygen atoms in total. The molecule has 0 aliphatic carbocycles. The fourth-order valence-electron chi connectivity index (χ4n) is 3.42. The van der Waals surface area contributed by atoms with Crippen LogP contribution in [0, 0.1) is 0 Å². The van der Waals surface area contributed by atoms with Crippen molar-refractivity contribution in [3.05, 3.63) is 30.0 Å². The summed E-state index contributed by atoms with van der Waals surface area (Å²) in [7, 11) is 5.00. The fraction of sp³-hybridized carbons (Fsp3) is 0.500. The number of nitrogens with zero attached hydrogens (tertiary/aromatic N) is 3. The van der Waals surface area contributed by atoms with Gasteiger partial charge in [-0.25, -0.2) is 0 Å². The van der Waals surface area contributed by atoms with Crippen LogP contribution in [0.3, 0.4) is 0 Å². The summed E-state index contributed by atoms with van der Waals surface area (Å²) in [6, 6.07) is 7.34. The molecule has 1 aromatic heterocycles. The van der Waals surface area contributed by atoms with Crippen LogP contribution in [0.2, 0.25) is 0 Å². The Morgan fingerprint density at radius 2 is 1.93 bits per heavy atom. The first kappa shape index (κ1) is 19.2. The second kappa shape index (κ2) is 8.90. The predicted molar refractivity (Wildman–Crippen MR) is 104 cm³/mol. The molecule has 0 bridgehead atoms. The molecular weight excluding hydrogens is 344 g/mol. The average Bonchev–Trinajstić information content (AvgIpc) is 3.09. The zero-order chi connectivity index (χ0) is 19.2. The van der Waals surface area contributed by atoms with E-state index in [0.29, 0.717) is 29.4 Å². The lowest BCUT2D eigenvalue weighted by molar-refractivity contribution is 0.0937. The minimum atomic E-state index is -0.110. The highest BCUT2D eigenvalue weighted by atomic mass is 16.5. The molecule has 0 saturated carbocycles. The third-order valence-electron chi connectivity index (χ3n) is 4.96. The van der Waals surface area contributed by atoms with Crippen molar-refractivity contribution in [2.24, 2.45) is 7.05 Å². The molecule has 3 rings (SSSR count). The van der Waals surface area contributed by atoms with Crippen molar-refractivity contribution in [2.75, 3.05) is 40.4 Å². The summed E-state index contributed by atoms with van der Waals surface area (Å²) in [5.41, 5.74) is 2.04. The molecule has 1 saturated heterocycles. The Labute approximate surface area is 160 Å². The van der Waals surface area contributed by atoms with Gasteiger partial charge in [0.25, 0.3) is 5.91 Å². The molecule has 1 aromatic carbocycles. The highest BCUT2D eigenvalue weighted by Gasteiger charge is 2.17. The minimum Gasteiger partial charge on any atom is -0.497 e. The Bertz CT molecular complexity index is 782. The van der Waals surface area contributed by atoms with Crippen LogP contribution < -0.4 is 14.8 Å². The van der Waals surface area contributed by atoms with E-state index in [4.69, 9.17) is 9.47 Å². The fourth-order valence-corrected chi connectivity index (χ4v) is 3.42. The molecular formula is C20H28N4O3. The van der Waals surface area contributed by atoms with Crippen molar-refractivity contribution >= 4 is 5.91 Å². The maximum absolute atomic E-state index is 12.6. The normalized spacial score (nSPS) is 14.8. The van der Waals surface area contributed by atoms with E-state index in [1.165, 1.54) is 19.3 Å². The summed E-state index contributed by atoms with van der Waals surface area (Å²) >= 11 is 0. The smallest absolute Gasteiger partial charge is 0.269 e. The van der Waals surface area contributed by atoms with E-state index in [1.807, 2.05) is 18.2 Å². The molecule has 2 aromatic rings. The molecule has 7 heteroatoms. The van der Waals surface area contributed by atoms with Crippen molar-refractivity contribution in [2.45, 2.75) is 19.3 Å². The van der Waals surface area contributed by atoms with Gasteiger partial charge in [0.1, 0.15) is 17.2 Å². The van der Waals surface area contributed by atoms with Gasteiger partial charge in [-0.2, -0.15) is 5.10 Å². The first-order chi connectivity index (χ1) is 13.1. The topological polar surface area (TPSA) is 68.6 Å². The monoisotopic (exact) mass is 372 g/mol. The number of nitrogens with one attached hydrogen (secondary N) is 1. The number of hydrogen-bond donors (Lipinski definition) is 1. The van der Waals surface area contributed by atoms with Crippen LogP contribution in [-0.4, -0.2) is 61.0 Å². The van der Waals surface area contributed by atoms with Crippen LogP contribution in [0.1, 0.15) is 29.8 Å². The number of carbonyl (C=O) groups is 1. The van der Waals surface area contributed by atoms with Crippen LogP contribution in [0.15, 0.2) is 24.3 Å². The van der Waals surface area contributed by atoms with Crippen molar-refractivity contribution in [3.8, 4) is 22.8 Å². The number of hydrogen-bond acceptors (Lipinski definition) is 5. The van der Waals surface area contributed by atoms with Crippen LogP contribution in [0.4, 0.5) is 0 Å². The molecule has 1 aliphatic rings. The largest absolute Gasteiger partial charge is 0.497 e. The molecule has 0 unspecified atom stereocenters. The summed E-state index contributed by atoms with van der Waals surface area (Å²) in [4.78, 5) is 15.0. The van der Waals surface area contributed by atoms with E-state index in [2.05, 4.69) is 15.3 Å². The average molecular weight is 372 g/mol. The second-order valence-corrected chi connectivity index (χ2v) is 6.76. The third-order valence-corrected chi connectivity index (χ3v) is 4.96. The lowest BCUT2D eigenvalue weighted by Crippen LogP contribution is -2.38. The number of ether oxygens (including phenoxy) is 2. The molecule has 1 N–H and O–H groups in total. The third kappa shape index (κ3) is 4.60. The van der Waals surface area contributed by atoms with Gasteiger partial charge in [-0.1, -0.05) is 6.42 Å². The summed E-state index contributed by atoms with van der Waals surface area (Å²) < 4.78 is 12.3. The van der Waals surface area contributed by atoms with Crippen LogP contribution in [0.5, 0.6) is 11.5 Å². The highest BCUT2D eigenvalue weighted by Crippen LogP contribution is 2.32. The van der Waals surface area contributed by atoms with Crippen molar-refractivity contribution in [1.29, 1.82) is 0 Å². The van der Waals surface area contributed by atoms with Crippen molar-refractivity contribution in [1.82, 2.24) is 20.0 Å². The van der Waals surface area contributed by atoms with E-state index in [0.717, 1.165) is 25.2 Å². The van der Waals surface area contributed by atoms with Gasteiger partial charge in [0.15, 0.2) is 0 Å². The molecule has 0 radical (unpaired) electrons. The van der Waals surface area contributed by atoms with E-state index in [1.54, 1.807) is 32.0 Å². The van der Waals surface area contributed by atoms with Gasteiger partial charge >= 0.3 is 0 Å². The molecule has 146 valence electrons. The first-order valence-corrected chi connectivity index (χ1v) is 9.39. The maximum Gasteiger partial charge on any atom is 0.269 e. The Morgan fingerprint density at radius 1 is 1.15 bits per heavy atom. The molecule has 1 aliphatic heterocycles. The van der Waals surface area contributed by atoms with Crippen molar-refractivity contribution in [3.63, 3.8) is 0 Å². The lowest BCUT2D eigenvalue weighted by atomic mass is 10.1. The van der Waals surface area contributed by atoms with Gasteiger partial charge in [-0.15, -0.1) is 0 Å². The molecule has 1 fully saturated rings.